The first-order chi connectivity index (χ1) is 13.9. The minimum Gasteiger partial charge on any atom is -0.493 e. The van der Waals surface area contributed by atoms with E-state index in [0.717, 1.165) is 5.39 Å². The van der Waals surface area contributed by atoms with Crippen LogP contribution < -0.4 is 10.4 Å². The fraction of sp³-hybridized carbons (Fsp3) is 0.625. The second-order valence-electron chi connectivity index (χ2n) is 9.87. The standard InChI is InChI=1S/C24H34O6/c1-22(2)19(24(4,28)12-10-20(22)25)9-11-23(3,27)13-14-29-17-7-5-16-6-8-21(26)30-18(16)15-17/h5-8,15,19-20,25,27-28H,9-14H2,1-4H3/t19-,20+,23-,24+/m1/s1. The summed E-state index contributed by atoms with van der Waals surface area (Å²) in [6.07, 6.45) is 2.23. The fourth-order valence-corrected chi connectivity index (χ4v) is 4.79. The minimum absolute atomic E-state index is 0.107. The number of hydrogen-bond donors (Lipinski definition) is 3. The Hall–Kier alpha value is -1.89. The van der Waals surface area contributed by atoms with Gasteiger partial charge in [0, 0.05) is 23.9 Å². The summed E-state index contributed by atoms with van der Waals surface area (Å²) in [6.45, 7) is 7.90. The van der Waals surface area contributed by atoms with Crippen LogP contribution in [0.5, 0.6) is 5.75 Å². The Bertz CT molecular complexity index is 927. The lowest BCUT2D eigenvalue weighted by Crippen LogP contribution is -2.54. The van der Waals surface area contributed by atoms with Crippen LogP contribution in [-0.2, 0) is 0 Å². The van der Waals surface area contributed by atoms with Gasteiger partial charge in [-0.15, -0.1) is 0 Å². The van der Waals surface area contributed by atoms with Crippen LogP contribution in [0.1, 0.15) is 59.8 Å². The third-order valence-electron chi connectivity index (χ3n) is 6.91. The summed E-state index contributed by atoms with van der Waals surface area (Å²) in [5.74, 6) is 0.469. The van der Waals surface area contributed by atoms with Crippen molar-refractivity contribution in [1.82, 2.24) is 0 Å². The first-order valence-corrected chi connectivity index (χ1v) is 10.7. The van der Waals surface area contributed by atoms with Gasteiger partial charge in [-0.3, -0.25) is 0 Å². The van der Waals surface area contributed by atoms with E-state index < -0.39 is 28.3 Å². The average molecular weight is 419 g/mol. The van der Waals surface area contributed by atoms with Crippen LogP contribution in [0.4, 0.5) is 0 Å². The van der Waals surface area contributed by atoms with Crippen LogP contribution in [0.3, 0.4) is 0 Å². The Balaban J connectivity index is 1.57. The van der Waals surface area contributed by atoms with Gasteiger partial charge in [-0.05, 0) is 69.1 Å². The van der Waals surface area contributed by atoms with E-state index in [1.54, 1.807) is 25.1 Å². The molecule has 6 nitrogen and oxygen atoms in total. The van der Waals surface area contributed by atoms with Gasteiger partial charge >= 0.3 is 5.63 Å². The van der Waals surface area contributed by atoms with Crippen molar-refractivity contribution < 1.29 is 24.5 Å². The molecule has 0 unspecified atom stereocenters. The molecule has 3 rings (SSSR count). The van der Waals surface area contributed by atoms with E-state index in [0.29, 0.717) is 50.0 Å². The molecule has 0 aliphatic heterocycles. The molecule has 0 bridgehead atoms. The molecule has 166 valence electrons. The number of rotatable bonds is 7. The molecule has 3 N–H and O–H groups in total. The summed E-state index contributed by atoms with van der Waals surface area (Å²) in [5.41, 5.74) is -2.17. The van der Waals surface area contributed by atoms with Crippen molar-refractivity contribution >= 4 is 11.0 Å². The Morgan fingerprint density at radius 1 is 1.20 bits per heavy atom. The molecule has 30 heavy (non-hydrogen) atoms. The summed E-state index contributed by atoms with van der Waals surface area (Å²) in [7, 11) is 0. The molecule has 1 aliphatic rings. The lowest BCUT2D eigenvalue weighted by atomic mass is 9.58. The van der Waals surface area contributed by atoms with E-state index in [9.17, 15) is 20.1 Å². The normalized spacial score (nSPS) is 28.2. The number of aliphatic hydroxyl groups excluding tert-OH is 1. The summed E-state index contributed by atoms with van der Waals surface area (Å²) in [6, 6.07) is 8.39. The smallest absolute Gasteiger partial charge is 0.336 e. The topological polar surface area (TPSA) is 100 Å². The van der Waals surface area contributed by atoms with Crippen molar-refractivity contribution in [2.45, 2.75) is 77.1 Å². The molecule has 0 saturated heterocycles. The van der Waals surface area contributed by atoms with Gasteiger partial charge in [0.1, 0.15) is 11.3 Å². The maximum absolute atomic E-state index is 11.4. The third-order valence-corrected chi connectivity index (χ3v) is 6.91. The fourth-order valence-electron chi connectivity index (χ4n) is 4.79. The van der Waals surface area contributed by atoms with Crippen LogP contribution in [0.25, 0.3) is 11.0 Å². The van der Waals surface area contributed by atoms with Crippen molar-refractivity contribution in [3.05, 3.63) is 40.8 Å². The van der Waals surface area contributed by atoms with Crippen molar-refractivity contribution in [2.75, 3.05) is 6.61 Å². The zero-order valence-corrected chi connectivity index (χ0v) is 18.4. The SMILES string of the molecule is CC1(C)[C@@H](CC[C@@](C)(O)CCOc2ccc3ccc(=O)oc3c2)[C@@](C)(O)CC[C@@H]1O. The molecule has 0 radical (unpaired) electrons. The van der Waals surface area contributed by atoms with Gasteiger partial charge < -0.3 is 24.5 Å². The molecule has 1 aromatic heterocycles. The molecular formula is C24H34O6. The van der Waals surface area contributed by atoms with Crippen LogP contribution in [0.15, 0.2) is 39.5 Å². The number of ether oxygens (including phenoxy) is 1. The highest BCUT2D eigenvalue weighted by atomic mass is 16.5. The van der Waals surface area contributed by atoms with Gasteiger partial charge in [0.2, 0.25) is 0 Å². The molecule has 6 heteroatoms. The zero-order valence-electron chi connectivity index (χ0n) is 18.4. The quantitative estimate of drug-likeness (QED) is 0.594. The minimum atomic E-state index is -0.960. The van der Waals surface area contributed by atoms with Gasteiger partial charge in [-0.25, -0.2) is 4.79 Å². The molecule has 0 spiro atoms. The van der Waals surface area contributed by atoms with Gasteiger partial charge in [0.05, 0.1) is 23.9 Å². The van der Waals surface area contributed by atoms with Gasteiger partial charge in [-0.2, -0.15) is 0 Å². The molecule has 1 aromatic carbocycles. The van der Waals surface area contributed by atoms with Gasteiger partial charge in [-0.1, -0.05) is 13.8 Å². The van der Waals surface area contributed by atoms with Crippen molar-refractivity contribution in [3.8, 4) is 5.75 Å². The van der Waals surface area contributed by atoms with E-state index >= 15 is 0 Å². The number of fused-ring (bicyclic) bond motifs is 1. The predicted molar refractivity (Wildman–Crippen MR) is 116 cm³/mol. The van der Waals surface area contributed by atoms with E-state index in [1.165, 1.54) is 6.07 Å². The second-order valence-corrected chi connectivity index (χ2v) is 9.87. The lowest BCUT2D eigenvalue weighted by Gasteiger charge is -2.51. The number of benzene rings is 1. The highest BCUT2D eigenvalue weighted by Gasteiger charge is 2.50. The third kappa shape index (κ3) is 5.05. The van der Waals surface area contributed by atoms with Crippen LogP contribution in [-0.4, -0.2) is 39.2 Å². The first kappa shape index (κ1) is 22.8. The molecule has 1 heterocycles. The summed E-state index contributed by atoms with van der Waals surface area (Å²) in [5, 5.41) is 32.9. The van der Waals surface area contributed by atoms with Crippen LogP contribution in [0.2, 0.25) is 0 Å². The number of hydrogen-bond acceptors (Lipinski definition) is 6. The summed E-state index contributed by atoms with van der Waals surface area (Å²) >= 11 is 0. The summed E-state index contributed by atoms with van der Waals surface area (Å²) in [4.78, 5) is 11.4. The molecular weight excluding hydrogens is 384 g/mol. The molecule has 4 atom stereocenters. The average Bonchev–Trinajstić information content (AvgIpc) is 2.64. The lowest BCUT2D eigenvalue weighted by molar-refractivity contribution is -0.150. The van der Waals surface area contributed by atoms with Gasteiger partial charge in [0.15, 0.2) is 0 Å². The molecule has 0 amide bonds. The molecule has 1 aliphatic carbocycles. The van der Waals surface area contributed by atoms with E-state index in [-0.39, 0.29) is 5.92 Å². The van der Waals surface area contributed by atoms with E-state index in [2.05, 4.69) is 0 Å². The highest BCUT2D eigenvalue weighted by molar-refractivity contribution is 5.77. The van der Waals surface area contributed by atoms with Crippen LogP contribution >= 0.6 is 0 Å². The monoisotopic (exact) mass is 418 g/mol. The molecule has 1 fully saturated rings. The maximum Gasteiger partial charge on any atom is 0.336 e. The predicted octanol–water partition coefficient (Wildman–Crippen LogP) is 3.64. The Kier molecular flexibility index (Phi) is 6.33. The van der Waals surface area contributed by atoms with Crippen molar-refractivity contribution in [1.29, 1.82) is 0 Å². The maximum atomic E-state index is 11.4. The molecule has 2 aromatic rings. The Morgan fingerprint density at radius 2 is 1.90 bits per heavy atom. The molecule has 1 saturated carbocycles. The largest absolute Gasteiger partial charge is 0.493 e. The Labute approximate surface area is 177 Å². The number of aliphatic hydroxyl groups is 3. The summed E-state index contributed by atoms with van der Waals surface area (Å²) < 4.78 is 10.9. The van der Waals surface area contributed by atoms with E-state index in [1.807, 2.05) is 26.8 Å². The second kappa shape index (κ2) is 8.33. The van der Waals surface area contributed by atoms with Gasteiger partial charge in [0.25, 0.3) is 0 Å². The first-order valence-electron chi connectivity index (χ1n) is 10.7. The highest BCUT2D eigenvalue weighted by Crippen LogP contribution is 2.49. The van der Waals surface area contributed by atoms with E-state index in [4.69, 9.17) is 9.15 Å². The van der Waals surface area contributed by atoms with Crippen molar-refractivity contribution in [2.24, 2.45) is 11.3 Å². The van der Waals surface area contributed by atoms with Crippen LogP contribution in [0, 0.1) is 11.3 Å². The van der Waals surface area contributed by atoms with Crippen molar-refractivity contribution in [3.63, 3.8) is 0 Å². The zero-order chi connectivity index (χ0) is 22.2. The Morgan fingerprint density at radius 3 is 2.63 bits per heavy atom.